The van der Waals surface area contributed by atoms with Crippen molar-refractivity contribution in [2.45, 2.75) is 110 Å². The molecule has 230 valence electrons. The van der Waals surface area contributed by atoms with Gasteiger partial charge in [-0.25, -0.2) is 19.1 Å². The Hall–Kier alpha value is -3.95. The van der Waals surface area contributed by atoms with Crippen molar-refractivity contribution in [1.82, 2.24) is 24.5 Å². The zero-order chi connectivity index (χ0) is 31.1. The first-order valence-corrected chi connectivity index (χ1v) is 15.2. The molecule has 0 radical (unpaired) electrons. The lowest BCUT2D eigenvalue weighted by Crippen LogP contribution is -2.46. The van der Waals surface area contributed by atoms with Crippen molar-refractivity contribution in [3.8, 4) is 0 Å². The van der Waals surface area contributed by atoms with Crippen LogP contribution in [-0.4, -0.2) is 57.9 Å². The number of aliphatic hydroxyl groups is 1. The van der Waals surface area contributed by atoms with E-state index in [4.69, 9.17) is 4.74 Å². The second kappa shape index (κ2) is 11.6. The predicted octanol–water partition coefficient (Wildman–Crippen LogP) is 6.44. The summed E-state index contributed by atoms with van der Waals surface area (Å²) in [6.45, 7) is 11.4. The van der Waals surface area contributed by atoms with Gasteiger partial charge in [0, 0.05) is 29.8 Å². The summed E-state index contributed by atoms with van der Waals surface area (Å²) in [4.78, 5) is 35.8. The minimum Gasteiger partial charge on any atom is -0.512 e. The number of carbonyl (C=O) groups is 2. The van der Waals surface area contributed by atoms with E-state index >= 15 is 0 Å². The largest absolute Gasteiger partial charge is 0.512 e. The molecule has 1 amide bonds. The first-order chi connectivity index (χ1) is 20.3. The number of ether oxygens (including phenoxy) is 1. The van der Waals surface area contributed by atoms with Crippen LogP contribution in [0.15, 0.2) is 41.7 Å². The third-order valence-electron chi connectivity index (χ3n) is 9.07. The molecule has 1 aliphatic carbocycles. The Bertz CT molecular complexity index is 1550. The molecule has 0 saturated heterocycles. The number of nitrogens with zero attached hydrogens (tertiary/aromatic N) is 5. The third kappa shape index (κ3) is 6.24. The van der Waals surface area contributed by atoms with Gasteiger partial charge in [0.05, 0.1) is 11.6 Å². The summed E-state index contributed by atoms with van der Waals surface area (Å²) < 4.78 is 7.95. The highest BCUT2D eigenvalue weighted by molar-refractivity contribution is 5.90. The van der Waals surface area contributed by atoms with Crippen LogP contribution in [-0.2, 0) is 22.4 Å². The van der Waals surface area contributed by atoms with E-state index in [1.165, 1.54) is 4.90 Å². The normalized spacial score (nSPS) is 20.5. The van der Waals surface area contributed by atoms with Crippen LogP contribution < -0.4 is 0 Å². The number of aliphatic hydroxyl groups excluding tert-OH is 1. The van der Waals surface area contributed by atoms with Gasteiger partial charge in [-0.05, 0) is 90.3 Å². The Balaban J connectivity index is 1.34. The highest BCUT2D eigenvalue weighted by Gasteiger charge is 2.48. The Morgan fingerprint density at radius 3 is 2.44 bits per heavy atom. The van der Waals surface area contributed by atoms with Crippen molar-refractivity contribution in [3.05, 3.63) is 70.0 Å². The van der Waals surface area contributed by atoms with Gasteiger partial charge in [-0.15, -0.1) is 5.10 Å². The summed E-state index contributed by atoms with van der Waals surface area (Å²) in [7, 11) is 0. The molecular weight excluding hydrogens is 546 g/mol. The molecule has 1 aliphatic heterocycles. The Morgan fingerprint density at radius 2 is 1.84 bits per heavy atom. The topological polar surface area (TPSA) is 130 Å². The maximum Gasteiger partial charge on any atom is 0.408 e. The molecule has 0 spiro atoms. The van der Waals surface area contributed by atoms with Crippen LogP contribution in [0.25, 0.3) is 5.78 Å². The maximum absolute atomic E-state index is 13.5. The first-order valence-electron chi connectivity index (χ1n) is 15.2. The number of carboxylic acid groups (broad SMARTS) is 1. The van der Waals surface area contributed by atoms with Gasteiger partial charge in [0.25, 0.3) is 5.78 Å². The molecule has 1 saturated carbocycles. The minimum absolute atomic E-state index is 0.0583. The average Bonchev–Trinajstić information content (AvgIpc) is 3.60. The van der Waals surface area contributed by atoms with Crippen molar-refractivity contribution < 1.29 is 24.5 Å². The number of hydrogen-bond acceptors (Lipinski definition) is 7. The minimum atomic E-state index is -0.951. The second-order valence-corrected chi connectivity index (χ2v) is 13.2. The number of amides is 1. The monoisotopic (exact) mass is 589 g/mol. The highest BCUT2D eigenvalue weighted by atomic mass is 16.6. The van der Waals surface area contributed by atoms with E-state index in [-0.39, 0.29) is 36.1 Å². The quantitative estimate of drug-likeness (QED) is 0.287. The number of benzene rings is 1. The Labute approximate surface area is 252 Å². The van der Waals surface area contributed by atoms with E-state index in [9.17, 15) is 19.8 Å². The fraction of sp³-hybridized carbons (Fsp3) is 0.545. The van der Waals surface area contributed by atoms with Crippen molar-refractivity contribution in [2.75, 3.05) is 0 Å². The number of esters is 1. The summed E-state index contributed by atoms with van der Waals surface area (Å²) in [5.74, 6) is 0.610. The van der Waals surface area contributed by atoms with Crippen LogP contribution in [0.2, 0.25) is 0 Å². The van der Waals surface area contributed by atoms with Gasteiger partial charge in [-0.3, -0.25) is 4.90 Å². The molecule has 10 heteroatoms. The van der Waals surface area contributed by atoms with Gasteiger partial charge in [-0.1, -0.05) is 37.1 Å². The van der Waals surface area contributed by atoms with E-state index < -0.39 is 23.2 Å². The number of fused-ring (bicyclic) bond motifs is 1. The summed E-state index contributed by atoms with van der Waals surface area (Å²) in [5, 5.41) is 25.6. The molecule has 3 heterocycles. The van der Waals surface area contributed by atoms with Crippen molar-refractivity contribution >= 4 is 17.8 Å². The fourth-order valence-electron chi connectivity index (χ4n) is 6.93. The number of cyclic esters (lactones) is 1. The molecule has 3 aromatic rings. The van der Waals surface area contributed by atoms with E-state index in [0.29, 0.717) is 24.4 Å². The molecule has 2 N–H and O–H groups in total. The lowest BCUT2D eigenvalue weighted by Gasteiger charge is -2.42. The van der Waals surface area contributed by atoms with Gasteiger partial charge < -0.3 is 14.9 Å². The molecule has 10 nitrogen and oxygen atoms in total. The number of hydrogen-bond donors (Lipinski definition) is 2. The number of rotatable bonds is 8. The molecule has 0 bridgehead atoms. The van der Waals surface area contributed by atoms with E-state index in [0.717, 1.165) is 48.2 Å². The van der Waals surface area contributed by atoms with Crippen molar-refractivity contribution in [2.24, 2.45) is 5.92 Å². The summed E-state index contributed by atoms with van der Waals surface area (Å²) in [6.07, 6.45) is 4.75. The van der Waals surface area contributed by atoms with Crippen molar-refractivity contribution in [1.29, 1.82) is 0 Å². The van der Waals surface area contributed by atoms with E-state index in [2.05, 4.69) is 15.1 Å². The summed E-state index contributed by atoms with van der Waals surface area (Å²) in [5.41, 5.74) is 2.61. The number of aryl methyl sites for hydroxylation is 3. The zero-order valence-electron chi connectivity index (χ0n) is 26.1. The van der Waals surface area contributed by atoms with Crippen LogP contribution in [0.5, 0.6) is 0 Å². The summed E-state index contributed by atoms with van der Waals surface area (Å²) >= 11 is 0. The Kier molecular flexibility index (Phi) is 8.24. The molecule has 2 aromatic heterocycles. The Morgan fingerprint density at radius 1 is 1.16 bits per heavy atom. The molecule has 2 aliphatic rings. The predicted molar refractivity (Wildman–Crippen MR) is 162 cm³/mol. The lowest BCUT2D eigenvalue weighted by atomic mass is 9.76. The van der Waals surface area contributed by atoms with Crippen LogP contribution in [0.4, 0.5) is 4.79 Å². The molecule has 1 fully saturated rings. The zero-order valence-corrected chi connectivity index (χ0v) is 26.1. The van der Waals surface area contributed by atoms with Crippen LogP contribution in [0.3, 0.4) is 0 Å². The standard InChI is InChI=1S/C33H43N5O5/c1-20-17-21(2)38-30(34-20)35-28(36-38)18-26-27(39)19-33(43-29(26)40,25-9-7-8-10-25)16-15-23-11-13-24(14-12-23)22(3)37(31(41)42)32(4,5)6/h11-14,17,22,25,39H,7-10,15-16,18-19H2,1-6H3,(H,41,42)/t22-,33?/m1/s1. The molecule has 1 unspecified atom stereocenters. The van der Waals surface area contributed by atoms with Gasteiger partial charge in [0.15, 0.2) is 5.82 Å². The molecule has 43 heavy (non-hydrogen) atoms. The van der Waals surface area contributed by atoms with Gasteiger partial charge in [-0.2, -0.15) is 4.98 Å². The highest BCUT2D eigenvalue weighted by Crippen LogP contribution is 2.46. The molecule has 2 atom stereocenters. The fourth-order valence-corrected chi connectivity index (χ4v) is 6.93. The van der Waals surface area contributed by atoms with Gasteiger partial charge in [0.2, 0.25) is 0 Å². The van der Waals surface area contributed by atoms with Gasteiger partial charge >= 0.3 is 12.1 Å². The molecule has 1 aromatic carbocycles. The molecule has 5 rings (SSSR count). The third-order valence-corrected chi connectivity index (χ3v) is 9.07. The maximum atomic E-state index is 13.5. The number of aromatic nitrogens is 4. The smallest absolute Gasteiger partial charge is 0.408 e. The van der Waals surface area contributed by atoms with Crippen LogP contribution in [0.1, 0.15) is 101 Å². The average molecular weight is 590 g/mol. The number of carbonyl (C=O) groups excluding carboxylic acids is 1. The van der Waals surface area contributed by atoms with E-state index in [1.54, 1.807) is 4.52 Å². The van der Waals surface area contributed by atoms with Crippen LogP contribution >= 0.6 is 0 Å². The first kappa shape index (κ1) is 30.5. The lowest BCUT2D eigenvalue weighted by molar-refractivity contribution is -0.167. The molecular formula is C33H43N5O5. The van der Waals surface area contributed by atoms with Crippen molar-refractivity contribution in [3.63, 3.8) is 0 Å². The summed E-state index contributed by atoms with van der Waals surface area (Å²) in [6, 6.07) is 9.61. The van der Waals surface area contributed by atoms with Crippen LogP contribution in [0, 0.1) is 19.8 Å². The van der Waals surface area contributed by atoms with E-state index in [1.807, 2.05) is 71.9 Å². The second-order valence-electron chi connectivity index (χ2n) is 13.2. The van der Waals surface area contributed by atoms with Gasteiger partial charge in [0.1, 0.15) is 11.4 Å². The SMILES string of the molecule is Cc1cc(C)n2nc(CC3=C(O)CC(CCc4ccc([C@@H](C)N(C(=O)O)C(C)(C)C)cc4)(C4CCCC4)OC3=O)nc2n1.